The highest BCUT2D eigenvalue weighted by Crippen LogP contribution is 1.75. The summed E-state index contributed by atoms with van der Waals surface area (Å²) < 4.78 is 2.41. The van der Waals surface area contributed by atoms with E-state index in [0.29, 0.717) is 0 Å². The van der Waals surface area contributed by atoms with E-state index in [0.717, 1.165) is 0 Å². The third-order valence-corrected chi connectivity index (χ3v) is 1.50. The number of aryl methyl sites for hydroxylation is 1. The van der Waals surface area contributed by atoms with Gasteiger partial charge in [0.25, 0.3) is 0 Å². The Kier molecular flexibility index (Phi) is 2.15. The second-order valence-corrected chi connectivity index (χ2v) is 2.35. The average molecular weight is 164 g/mol. The minimum Gasteiger partial charge on any atom is -0.312 e. The Hall–Kier alpha value is -1.76. The quantitative estimate of drug-likeness (QED) is 0.402. The maximum absolute atomic E-state index is 11.1. The second-order valence-electron chi connectivity index (χ2n) is 2.35. The molecule has 0 spiro atoms. The van der Waals surface area contributed by atoms with Crippen LogP contribution in [0.5, 0.6) is 0 Å². The Bertz CT molecular complexity index is 434. The molecule has 1 heterocycles. The van der Waals surface area contributed by atoms with Crippen LogP contribution in [0, 0.1) is 12.3 Å². The fourth-order valence-electron chi connectivity index (χ4n) is 0.812. The molecule has 0 unspecified atom stereocenters. The van der Waals surface area contributed by atoms with Crippen molar-refractivity contribution in [1.29, 1.82) is 0 Å². The van der Waals surface area contributed by atoms with Crippen molar-refractivity contribution >= 4 is 0 Å². The minimum absolute atomic E-state index is 0.134. The number of hydrogen-bond acceptors (Lipinski definition) is 2. The molecular weight excluding hydrogens is 156 g/mol. The second kappa shape index (κ2) is 3.09. The molecule has 0 aliphatic rings. The normalized spacial score (nSPS) is 9.33. The van der Waals surface area contributed by atoms with Crippen LogP contribution in [0.15, 0.2) is 22.0 Å². The van der Waals surface area contributed by atoms with E-state index in [1.165, 1.54) is 28.6 Å². The van der Waals surface area contributed by atoms with Gasteiger partial charge in [0.1, 0.15) is 0 Å². The van der Waals surface area contributed by atoms with Gasteiger partial charge in [-0.1, -0.05) is 5.92 Å². The van der Waals surface area contributed by atoms with E-state index in [-0.39, 0.29) is 6.54 Å². The largest absolute Gasteiger partial charge is 0.317 e. The van der Waals surface area contributed by atoms with Gasteiger partial charge in [0.05, 0.1) is 6.54 Å². The molecule has 1 aromatic heterocycles. The Morgan fingerprint density at radius 2 is 2.08 bits per heavy atom. The van der Waals surface area contributed by atoms with Crippen LogP contribution in [-0.2, 0) is 13.6 Å². The summed E-state index contributed by atoms with van der Waals surface area (Å²) in [6.07, 6.45) is 7.99. The Balaban J connectivity index is 3.40. The number of rotatable bonds is 1. The van der Waals surface area contributed by atoms with E-state index in [9.17, 15) is 9.59 Å². The lowest BCUT2D eigenvalue weighted by Crippen LogP contribution is -2.39. The van der Waals surface area contributed by atoms with E-state index in [2.05, 4.69) is 5.92 Å². The van der Waals surface area contributed by atoms with Crippen LogP contribution in [0.25, 0.3) is 0 Å². The molecule has 0 N–H and O–H groups in total. The third-order valence-electron chi connectivity index (χ3n) is 1.50. The van der Waals surface area contributed by atoms with Crippen molar-refractivity contribution in [2.75, 3.05) is 0 Å². The molecule has 0 saturated heterocycles. The summed E-state index contributed by atoms with van der Waals surface area (Å²) >= 11 is 0. The average Bonchev–Trinajstić information content (AvgIpc) is 2.07. The van der Waals surface area contributed by atoms with Gasteiger partial charge in [-0.15, -0.1) is 6.42 Å². The molecule has 0 radical (unpaired) electrons. The Morgan fingerprint density at radius 3 is 2.67 bits per heavy atom. The molecule has 0 fully saturated rings. The summed E-state index contributed by atoms with van der Waals surface area (Å²) in [4.78, 5) is 22.1. The van der Waals surface area contributed by atoms with Gasteiger partial charge < -0.3 is 4.57 Å². The van der Waals surface area contributed by atoms with Gasteiger partial charge >= 0.3 is 11.1 Å². The molecule has 0 aliphatic carbocycles. The lowest BCUT2D eigenvalue weighted by atomic mass is 10.6. The molecule has 0 atom stereocenters. The first-order chi connectivity index (χ1) is 5.66. The lowest BCUT2D eigenvalue weighted by molar-refractivity contribution is 0.715. The van der Waals surface area contributed by atoms with Crippen LogP contribution in [0.3, 0.4) is 0 Å². The topological polar surface area (TPSA) is 44.0 Å². The van der Waals surface area contributed by atoms with Crippen molar-refractivity contribution in [2.45, 2.75) is 6.54 Å². The zero-order valence-corrected chi connectivity index (χ0v) is 6.65. The van der Waals surface area contributed by atoms with Crippen LogP contribution in [0.1, 0.15) is 0 Å². The van der Waals surface area contributed by atoms with Crippen molar-refractivity contribution in [3.05, 3.63) is 33.1 Å². The molecule has 1 rings (SSSR count). The van der Waals surface area contributed by atoms with Crippen molar-refractivity contribution in [1.82, 2.24) is 9.13 Å². The van der Waals surface area contributed by atoms with E-state index < -0.39 is 11.1 Å². The standard InChI is InChI=1S/C8H8N2O2/c1-3-4-10-6-5-9(2)7(11)8(10)12/h1,5-6H,4H2,2H3. The zero-order chi connectivity index (χ0) is 9.14. The number of terminal acetylenes is 1. The molecule has 0 bridgehead atoms. The summed E-state index contributed by atoms with van der Waals surface area (Å²) in [7, 11) is 1.52. The molecule has 0 aromatic carbocycles. The molecule has 0 saturated carbocycles. The molecule has 1 aromatic rings. The van der Waals surface area contributed by atoms with Gasteiger partial charge in [-0.3, -0.25) is 14.2 Å². The predicted molar refractivity (Wildman–Crippen MR) is 44.8 cm³/mol. The SMILES string of the molecule is C#CCn1ccn(C)c(=O)c1=O. The number of aromatic nitrogens is 2. The summed E-state index contributed by atoms with van der Waals surface area (Å²) in [5, 5.41) is 0. The summed E-state index contributed by atoms with van der Waals surface area (Å²) in [5.74, 6) is 2.29. The van der Waals surface area contributed by atoms with Crippen LogP contribution in [0.2, 0.25) is 0 Å². The highest BCUT2D eigenvalue weighted by molar-refractivity contribution is 4.91. The monoisotopic (exact) mass is 164 g/mol. The fraction of sp³-hybridized carbons (Fsp3) is 0.250. The highest BCUT2D eigenvalue weighted by atomic mass is 16.2. The minimum atomic E-state index is -0.585. The van der Waals surface area contributed by atoms with E-state index >= 15 is 0 Å². The molecule has 4 heteroatoms. The van der Waals surface area contributed by atoms with Crippen molar-refractivity contribution in [2.24, 2.45) is 7.05 Å². The summed E-state index contributed by atoms with van der Waals surface area (Å²) in [5.41, 5.74) is -1.15. The van der Waals surface area contributed by atoms with E-state index in [1.807, 2.05) is 0 Å². The van der Waals surface area contributed by atoms with Crippen molar-refractivity contribution in [3.8, 4) is 12.3 Å². The van der Waals surface area contributed by atoms with Gasteiger partial charge in [-0.05, 0) is 0 Å². The first-order valence-corrected chi connectivity index (χ1v) is 3.36. The van der Waals surface area contributed by atoms with Crippen LogP contribution >= 0.6 is 0 Å². The molecule has 0 aliphatic heterocycles. The molecule has 12 heavy (non-hydrogen) atoms. The van der Waals surface area contributed by atoms with E-state index in [4.69, 9.17) is 6.42 Å². The molecule has 62 valence electrons. The smallest absolute Gasteiger partial charge is 0.312 e. The lowest BCUT2D eigenvalue weighted by Gasteiger charge is -2.00. The van der Waals surface area contributed by atoms with Crippen LogP contribution in [-0.4, -0.2) is 9.13 Å². The summed E-state index contributed by atoms with van der Waals surface area (Å²) in [6, 6.07) is 0. The first kappa shape index (κ1) is 8.34. The van der Waals surface area contributed by atoms with Gasteiger partial charge in [0.2, 0.25) is 0 Å². The third kappa shape index (κ3) is 1.30. The fourth-order valence-corrected chi connectivity index (χ4v) is 0.812. The molecule has 4 nitrogen and oxygen atoms in total. The molecular formula is C8H8N2O2. The van der Waals surface area contributed by atoms with E-state index in [1.54, 1.807) is 0 Å². The van der Waals surface area contributed by atoms with Crippen LogP contribution in [0.4, 0.5) is 0 Å². The number of hydrogen-bond donors (Lipinski definition) is 0. The first-order valence-electron chi connectivity index (χ1n) is 3.36. The highest BCUT2D eigenvalue weighted by Gasteiger charge is 1.99. The Morgan fingerprint density at radius 1 is 1.42 bits per heavy atom. The maximum atomic E-state index is 11.1. The van der Waals surface area contributed by atoms with Crippen LogP contribution < -0.4 is 11.1 Å². The van der Waals surface area contributed by atoms with Gasteiger partial charge in [0.15, 0.2) is 0 Å². The van der Waals surface area contributed by atoms with Gasteiger partial charge in [-0.2, -0.15) is 0 Å². The van der Waals surface area contributed by atoms with Crippen molar-refractivity contribution in [3.63, 3.8) is 0 Å². The number of nitrogens with zero attached hydrogens (tertiary/aromatic N) is 2. The van der Waals surface area contributed by atoms with Crippen molar-refractivity contribution < 1.29 is 0 Å². The van der Waals surface area contributed by atoms with Gasteiger partial charge in [-0.25, -0.2) is 0 Å². The summed E-state index contributed by atoms with van der Waals surface area (Å²) in [6.45, 7) is 0.134. The predicted octanol–water partition coefficient (Wildman–Crippen LogP) is -0.820. The Labute approximate surface area is 69.1 Å². The zero-order valence-electron chi connectivity index (χ0n) is 6.65. The van der Waals surface area contributed by atoms with Gasteiger partial charge in [0, 0.05) is 19.4 Å². The maximum Gasteiger partial charge on any atom is 0.317 e. The molecule has 0 amide bonds.